The van der Waals surface area contributed by atoms with Crippen LogP contribution in [0.5, 0.6) is 0 Å². The van der Waals surface area contributed by atoms with E-state index in [1.165, 1.54) is 64.2 Å². The molecule has 0 aliphatic heterocycles. The minimum atomic E-state index is 0.154. The Hall–Kier alpha value is -0.970. The third-order valence-electron chi connectivity index (χ3n) is 5.49. The van der Waals surface area contributed by atoms with E-state index in [0.717, 1.165) is 0 Å². The molecule has 1 heterocycles. The van der Waals surface area contributed by atoms with Gasteiger partial charge in [-0.1, -0.05) is 38.5 Å². The summed E-state index contributed by atoms with van der Waals surface area (Å²) in [6, 6.07) is 0. The van der Waals surface area contributed by atoms with Gasteiger partial charge in [0.25, 0.3) is 0 Å². The van der Waals surface area contributed by atoms with Gasteiger partial charge >= 0.3 is 0 Å². The first-order valence-electron chi connectivity index (χ1n) is 9.02. The Morgan fingerprint density at radius 1 is 0.957 bits per heavy atom. The van der Waals surface area contributed by atoms with Crippen molar-refractivity contribution in [1.29, 1.82) is 0 Å². The van der Waals surface area contributed by atoms with Crippen molar-refractivity contribution in [2.75, 3.05) is 5.32 Å². The molecule has 4 nitrogen and oxygen atoms in total. The number of nitrogens with zero attached hydrogens (tertiary/aromatic N) is 2. The van der Waals surface area contributed by atoms with Crippen molar-refractivity contribution in [3.8, 4) is 0 Å². The zero-order valence-corrected chi connectivity index (χ0v) is 15.2. The molecule has 1 aromatic rings. The minimum absolute atomic E-state index is 0.154. The van der Waals surface area contributed by atoms with Crippen molar-refractivity contribution in [3.05, 3.63) is 17.0 Å². The summed E-state index contributed by atoms with van der Waals surface area (Å²) in [7, 11) is 0. The van der Waals surface area contributed by atoms with E-state index in [0.29, 0.717) is 22.3 Å². The van der Waals surface area contributed by atoms with Gasteiger partial charge in [-0.25, -0.2) is 9.97 Å². The number of nitrogens with one attached hydrogen (secondary N) is 1. The van der Waals surface area contributed by atoms with Crippen LogP contribution in [-0.2, 0) is 4.79 Å². The normalized spacial score (nSPS) is 20.6. The summed E-state index contributed by atoms with van der Waals surface area (Å²) in [4.78, 5) is 21.4. The molecule has 1 N–H and O–H groups in total. The number of carbonyl (C=O) groups excluding carboxylic acids is 1. The van der Waals surface area contributed by atoms with E-state index in [-0.39, 0.29) is 11.8 Å². The number of halogens is 1. The molecule has 1 amide bonds. The Labute approximate surface area is 147 Å². The van der Waals surface area contributed by atoms with Crippen LogP contribution in [0, 0.1) is 17.8 Å². The van der Waals surface area contributed by atoms with Gasteiger partial charge in [0.15, 0.2) is 5.82 Å². The molecule has 0 saturated heterocycles. The molecule has 0 radical (unpaired) electrons. The summed E-state index contributed by atoms with van der Waals surface area (Å²) >= 11 is 3.28. The van der Waals surface area contributed by atoms with E-state index in [1.807, 2.05) is 0 Å². The molecular formula is C18H26BrN3O. The first-order chi connectivity index (χ1) is 11.2. The number of anilines is 1. The average molecular weight is 380 g/mol. The SMILES string of the molecule is O=C(Nc1cnc(Br)cn1)C(C1CCCCC1)C1CCCCC1. The Balaban J connectivity index is 1.72. The van der Waals surface area contributed by atoms with Crippen molar-refractivity contribution in [2.45, 2.75) is 64.2 Å². The fourth-order valence-electron chi connectivity index (χ4n) is 4.39. The smallest absolute Gasteiger partial charge is 0.229 e. The second-order valence-electron chi connectivity index (χ2n) is 7.04. The predicted octanol–water partition coefficient (Wildman–Crippen LogP) is 4.95. The summed E-state index contributed by atoms with van der Waals surface area (Å²) in [5, 5.41) is 3.03. The number of aromatic nitrogens is 2. The maximum atomic E-state index is 13.0. The van der Waals surface area contributed by atoms with E-state index in [9.17, 15) is 4.79 Å². The molecule has 2 saturated carbocycles. The van der Waals surface area contributed by atoms with Gasteiger partial charge in [0.1, 0.15) is 4.60 Å². The predicted molar refractivity (Wildman–Crippen MR) is 95.0 cm³/mol. The molecule has 0 spiro atoms. The van der Waals surface area contributed by atoms with Crippen LogP contribution in [0.25, 0.3) is 0 Å². The first-order valence-corrected chi connectivity index (χ1v) is 9.82. The Bertz CT molecular complexity index is 490. The molecule has 0 unspecified atom stereocenters. The van der Waals surface area contributed by atoms with Crippen molar-refractivity contribution in [3.63, 3.8) is 0 Å². The largest absolute Gasteiger partial charge is 0.309 e. The van der Waals surface area contributed by atoms with Gasteiger partial charge < -0.3 is 5.32 Å². The first kappa shape index (κ1) is 16.9. The summed E-state index contributed by atoms with van der Waals surface area (Å²) < 4.78 is 0.687. The number of hydrogen-bond donors (Lipinski definition) is 1. The third-order valence-corrected chi connectivity index (χ3v) is 5.90. The van der Waals surface area contributed by atoms with E-state index in [1.54, 1.807) is 12.4 Å². The molecule has 5 heteroatoms. The van der Waals surface area contributed by atoms with Crippen molar-refractivity contribution >= 4 is 27.7 Å². The molecule has 3 rings (SSSR count). The molecule has 2 aliphatic carbocycles. The zero-order chi connectivity index (χ0) is 16.1. The van der Waals surface area contributed by atoms with Crippen LogP contribution in [-0.4, -0.2) is 15.9 Å². The topological polar surface area (TPSA) is 54.9 Å². The molecule has 23 heavy (non-hydrogen) atoms. The summed E-state index contributed by atoms with van der Waals surface area (Å²) in [5.41, 5.74) is 0. The molecule has 2 aliphatic rings. The lowest BCUT2D eigenvalue weighted by molar-refractivity contribution is -0.124. The van der Waals surface area contributed by atoms with Gasteiger partial charge in [0.05, 0.1) is 12.4 Å². The number of hydrogen-bond acceptors (Lipinski definition) is 3. The quantitative estimate of drug-likeness (QED) is 0.804. The van der Waals surface area contributed by atoms with Crippen molar-refractivity contribution < 1.29 is 4.79 Å². The standard InChI is InChI=1S/C18H26BrN3O/c19-15-11-21-16(12-20-15)22-18(23)17(13-7-3-1-4-8-13)14-9-5-2-6-10-14/h11-14,17H,1-10H2,(H,21,22,23). The highest BCUT2D eigenvalue weighted by Crippen LogP contribution is 2.40. The lowest BCUT2D eigenvalue weighted by Crippen LogP contribution is -2.37. The van der Waals surface area contributed by atoms with Crippen LogP contribution in [0.3, 0.4) is 0 Å². The third kappa shape index (κ3) is 4.52. The summed E-state index contributed by atoms with van der Waals surface area (Å²) in [5.74, 6) is 1.99. The summed E-state index contributed by atoms with van der Waals surface area (Å²) in [6.45, 7) is 0. The molecule has 0 atom stereocenters. The van der Waals surface area contributed by atoms with Gasteiger partial charge in [-0.05, 0) is 53.4 Å². The van der Waals surface area contributed by atoms with Gasteiger partial charge in [0.2, 0.25) is 5.91 Å². The zero-order valence-electron chi connectivity index (χ0n) is 13.6. The molecular weight excluding hydrogens is 354 g/mol. The lowest BCUT2D eigenvalue weighted by atomic mass is 9.69. The van der Waals surface area contributed by atoms with Gasteiger partial charge in [-0.2, -0.15) is 0 Å². The lowest BCUT2D eigenvalue weighted by Gasteiger charge is -2.36. The van der Waals surface area contributed by atoms with E-state index in [2.05, 4.69) is 31.2 Å². The number of amides is 1. The fourth-order valence-corrected chi connectivity index (χ4v) is 4.59. The second-order valence-corrected chi connectivity index (χ2v) is 7.85. The molecule has 0 bridgehead atoms. The van der Waals surface area contributed by atoms with E-state index < -0.39 is 0 Å². The maximum absolute atomic E-state index is 13.0. The maximum Gasteiger partial charge on any atom is 0.229 e. The van der Waals surface area contributed by atoms with Crippen LogP contribution < -0.4 is 5.32 Å². The van der Waals surface area contributed by atoms with E-state index in [4.69, 9.17) is 0 Å². The van der Waals surface area contributed by atoms with Crippen LogP contribution in [0.4, 0.5) is 5.82 Å². The van der Waals surface area contributed by atoms with E-state index >= 15 is 0 Å². The molecule has 0 aromatic carbocycles. The average Bonchev–Trinajstić information content (AvgIpc) is 2.59. The van der Waals surface area contributed by atoms with Crippen molar-refractivity contribution in [2.24, 2.45) is 17.8 Å². The Morgan fingerprint density at radius 3 is 2.00 bits per heavy atom. The van der Waals surface area contributed by atoms with Gasteiger partial charge in [-0.15, -0.1) is 0 Å². The van der Waals surface area contributed by atoms with Crippen LogP contribution in [0.2, 0.25) is 0 Å². The number of rotatable bonds is 4. The van der Waals surface area contributed by atoms with Crippen LogP contribution in [0.15, 0.2) is 17.0 Å². The molecule has 2 fully saturated rings. The molecule has 1 aromatic heterocycles. The fraction of sp³-hybridized carbons (Fsp3) is 0.722. The minimum Gasteiger partial charge on any atom is -0.309 e. The van der Waals surface area contributed by atoms with Gasteiger partial charge in [-0.3, -0.25) is 4.79 Å². The monoisotopic (exact) mass is 379 g/mol. The van der Waals surface area contributed by atoms with Crippen molar-refractivity contribution in [1.82, 2.24) is 9.97 Å². The van der Waals surface area contributed by atoms with Crippen LogP contribution >= 0.6 is 15.9 Å². The second kappa shape index (κ2) is 8.22. The van der Waals surface area contributed by atoms with Gasteiger partial charge in [0, 0.05) is 5.92 Å². The Kier molecular flexibility index (Phi) is 6.03. The number of carbonyl (C=O) groups is 1. The highest BCUT2D eigenvalue weighted by molar-refractivity contribution is 9.10. The summed E-state index contributed by atoms with van der Waals surface area (Å²) in [6.07, 6.45) is 15.9. The highest BCUT2D eigenvalue weighted by atomic mass is 79.9. The highest BCUT2D eigenvalue weighted by Gasteiger charge is 2.36. The van der Waals surface area contributed by atoms with Crippen LogP contribution in [0.1, 0.15) is 64.2 Å². The molecule has 126 valence electrons. The Morgan fingerprint density at radius 2 is 1.52 bits per heavy atom.